The highest BCUT2D eigenvalue weighted by Crippen LogP contribution is 2.29. The van der Waals surface area contributed by atoms with Crippen molar-refractivity contribution in [3.8, 4) is 0 Å². The van der Waals surface area contributed by atoms with E-state index in [1.165, 1.54) is 13.0 Å². The number of sulfonamides is 1. The van der Waals surface area contributed by atoms with Crippen molar-refractivity contribution >= 4 is 33.2 Å². The van der Waals surface area contributed by atoms with E-state index in [0.29, 0.717) is 18.7 Å². The van der Waals surface area contributed by atoms with Gasteiger partial charge in [0.2, 0.25) is 21.8 Å². The van der Waals surface area contributed by atoms with Crippen LogP contribution in [0.1, 0.15) is 43.9 Å². The van der Waals surface area contributed by atoms with E-state index in [2.05, 4.69) is 10.0 Å². The van der Waals surface area contributed by atoms with Crippen LogP contribution >= 0.6 is 0 Å². The van der Waals surface area contributed by atoms with E-state index in [1.54, 1.807) is 30.9 Å². The highest BCUT2D eigenvalue weighted by molar-refractivity contribution is 7.89. The van der Waals surface area contributed by atoms with Crippen LogP contribution < -0.4 is 14.9 Å². The van der Waals surface area contributed by atoms with Crippen LogP contribution in [0.15, 0.2) is 41.3 Å². The molecule has 0 spiro atoms. The number of nitrogens with one attached hydrogen (secondary N) is 2. The van der Waals surface area contributed by atoms with Gasteiger partial charge in [-0.2, -0.15) is 4.72 Å². The molecule has 7 nitrogen and oxygen atoms in total. The molecule has 0 unspecified atom stereocenters. The summed E-state index contributed by atoms with van der Waals surface area (Å²) in [5, 5.41) is 2.85. The molecule has 1 aliphatic rings. The minimum atomic E-state index is -3.94. The van der Waals surface area contributed by atoms with Crippen LogP contribution in [-0.4, -0.2) is 32.8 Å². The Morgan fingerprint density at radius 1 is 1.06 bits per heavy atom. The summed E-state index contributed by atoms with van der Waals surface area (Å²) in [6.45, 7) is 9.59. The quantitative estimate of drug-likeness (QED) is 0.694. The highest BCUT2D eigenvalue weighted by atomic mass is 32.2. The van der Waals surface area contributed by atoms with Crippen LogP contribution in [0.5, 0.6) is 0 Å². The summed E-state index contributed by atoms with van der Waals surface area (Å²) in [7, 11) is -3.94. The second-order valence-electron chi connectivity index (χ2n) is 8.72. The van der Waals surface area contributed by atoms with Crippen molar-refractivity contribution < 1.29 is 18.0 Å². The third kappa shape index (κ3) is 5.19. The Morgan fingerprint density at radius 2 is 1.78 bits per heavy atom. The molecule has 2 N–H and O–H groups in total. The Morgan fingerprint density at radius 3 is 2.41 bits per heavy atom. The molecule has 3 rings (SSSR count). The number of rotatable bonds is 6. The van der Waals surface area contributed by atoms with E-state index in [-0.39, 0.29) is 16.7 Å². The topological polar surface area (TPSA) is 95.6 Å². The molecule has 1 heterocycles. The predicted octanol–water partition coefficient (Wildman–Crippen LogP) is 3.54. The number of nitrogens with zero attached hydrogens (tertiary/aromatic N) is 1. The average molecular weight is 458 g/mol. The second kappa shape index (κ2) is 9.42. The molecule has 2 amide bonds. The maximum Gasteiger partial charge on any atom is 0.242 e. The van der Waals surface area contributed by atoms with Crippen molar-refractivity contribution in [1.29, 1.82) is 0 Å². The Balaban J connectivity index is 1.84. The monoisotopic (exact) mass is 457 g/mol. The zero-order valence-corrected chi connectivity index (χ0v) is 20.0. The van der Waals surface area contributed by atoms with Gasteiger partial charge in [0.25, 0.3) is 0 Å². The number of carbonyl (C=O) groups is 2. The van der Waals surface area contributed by atoms with E-state index < -0.39 is 22.0 Å². The average Bonchev–Trinajstić information content (AvgIpc) is 2.72. The Hall–Kier alpha value is -2.71. The van der Waals surface area contributed by atoms with Gasteiger partial charge in [-0.1, -0.05) is 31.5 Å². The molecule has 2 aromatic rings. The van der Waals surface area contributed by atoms with Crippen molar-refractivity contribution in [1.82, 2.24) is 4.72 Å². The number of benzene rings is 2. The summed E-state index contributed by atoms with van der Waals surface area (Å²) in [6, 6.07) is 9.50. The second-order valence-corrected chi connectivity index (χ2v) is 10.4. The normalized spacial score (nSPS) is 14.8. The van der Waals surface area contributed by atoms with Gasteiger partial charge in [-0.05, 0) is 68.0 Å². The number of hydrogen-bond acceptors (Lipinski definition) is 4. The molecule has 0 aliphatic carbocycles. The summed E-state index contributed by atoms with van der Waals surface area (Å²) in [5.74, 6) is -0.736. The molecule has 172 valence electrons. The van der Waals surface area contributed by atoms with Crippen LogP contribution in [0.4, 0.5) is 11.4 Å². The van der Waals surface area contributed by atoms with Gasteiger partial charge in [0.1, 0.15) is 6.04 Å². The minimum Gasteiger partial charge on any atom is -0.324 e. The lowest BCUT2D eigenvalue weighted by atomic mass is 10.0. The molecular formula is C24H31N3O4S. The number of amides is 2. The molecule has 1 atom stereocenters. The van der Waals surface area contributed by atoms with E-state index in [9.17, 15) is 18.0 Å². The maximum atomic E-state index is 13.1. The summed E-state index contributed by atoms with van der Waals surface area (Å²) < 4.78 is 28.9. The Labute approximate surface area is 190 Å². The summed E-state index contributed by atoms with van der Waals surface area (Å²) in [5.41, 5.74) is 4.21. The van der Waals surface area contributed by atoms with Gasteiger partial charge in [-0.3, -0.25) is 9.59 Å². The van der Waals surface area contributed by atoms with Crippen LogP contribution in [-0.2, 0) is 26.0 Å². The van der Waals surface area contributed by atoms with Gasteiger partial charge >= 0.3 is 0 Å². The van der Waals surface area contributed by atoms with Crippen LogP contribution in [0.2, 0.25) is 0 Å². The minimum absolute atomic E-state index is 0.0670. The number of anilines is 2. The standard InChI is InChI=1S/C24H31N3O4S/c1-15(2)23(24(29)25-21-10-8-16(3)13-17(21)4)26-32(30,31)20-9-11-22-19(14-20)7-6-12-27(22)18(5)28/h8-11,13-15,23,26H,6-7,12H2,1-5H3,(H,25,29)/t23-/m0/s1. The molecule has 0 saturated carbocycles. The fraction of sp³-hybridized carbons (Fsp3) is 0.417. The van der Waals surface area contributed by atoms with Gasteiger partial charge in [0.15, 0.2) is 0 Å². The highest BCUT2D eigenvalue weighted by Gasteiger charge is 2.30. The van der Waals surface area contributed by atoms with E-state index in [1.807, 2.05) is 32.0 Å². The maximum absolute atomic E-state index is 13.1. The fourth-order valence-electron chi connectivity index (χ4n) is 3.96. The lowest BCUT2D eigenvalue weighted by molar-refractivity contribution is -0.118. The Kier molecular flexibility index (Phi) is 7.05. The zero-order chi connectivity index (χ0) is 23.6. The van der Waals surface area contributed by atoms with E-state index in [4.69, 9.17) is 0 Å². The van der Waals surface area contributed by atoms with Crippen molar-refractivity contribution in [2.45, 2.75) is 58.4 Å². The smallest absolute Gasteiger partial charge is 0.242 e. The molecule has 32 heavy (non-hydrogen) atoms. The third-order valence-electron chi connectivity index (χ3n) is 5.73. The summed E-state index contributed by atoms with van der Waals surface area (Å²) >= 11 is 0. The van der Waals surface area contributed by atoms with Gasteiger partial charge in [0.05, 0.1) is 4.90 Å². The van der Waals surface area contributed by atoms with Crippen LogP contribution in [0, 0.1) is 19.8 Å². The van der Waals surface area contributed by atoms with Crippen molar-refractivity contribution in [3.63, 3.8) is 0 Å². The van der Waals surface area contributed by atoms with E-state index in [0.717, 1.165) is 28.8 Å². The largest absolute Gasteiger partial charge is 0.324 e. The molecule has 0 saturated heterocycles. The fourth-order valence-corrected chi connectivity index (χ4v) is 5.35. The molecule has 2 aromatic carbocycles. The van der Waals surface area contributed by atoms with Gasteiger partial charge in [0, 0.05) is 24.8 Å². The van der Waals surface area contributed by atoms with Crippen molar-refractivity contribution in [2.24, 2.45) is 5.92 Å². The summed E-state index contributed by atoms with van der Waals surface area (Å²) in [6.07, 6.45) is 1.47. The molecule has 0 fully saturated rings. The Bertz CT molecular complexity index is 1140. The lowest BCUT2D eigenvalue weighted by Crippen LogP contribution is -2.47. The third-order valence-corrected chi connectivity index (χ3v) is 7.17. The van der Waals surface area contributed by atoms with Gasteiger partial charge in [-0.25, -0.2) is 8.42 Å². The molecular weight excluding hydrogens is 426 g/mol. The van der Waals surface area contributed by atoms with Crippen LogP contribution in [0.25, 0.3) is 0 Å². The molecule has 0 bridgehead atoms. The van der Waals surface area contributed by atoms with Gasteiger partial charge < -0.3 is 10.2 Å². The first-order chi connectivity index (χ1) is 15.0. The number of hydrogen-bond donors (Lipinski definition) is 2. The lowest BCUT2D eigenvalue weighted by Gasteiger charge is -2.29. The molecule has 1 aliphatic heterocycles. The molecule has 8 heteroatoms. The van der Waals surface area contributed by atoms with Crippen molar-refractivity contribution in [3.05, 3.63) is 53.1 Å². The first-order valence-electron chi connectivity index (χ1n) is 10.8. The zero-order valence-electron chi connectivity index (χ0n) is 19.2. The number of aryl methyl sites for hydroxylation is 3. The molecule has 0 radical (unpaired) electrons. The SMILES string of the molecule is CC(=O)N1CCCc2cc(S(=O)(=O)N[C@H](C(=O)Nc3ccc(C)cc3C)C(C)C)ccc21. The first-order valence-corrected chi connectivity index (χ1v) is 12.3. The van der Waals surface area contributed by atoms with Crippen molar-refractivity contribution in [2.75, 3.05) is 16.8 Å². The first kappa shape index (κ1) is 23.9. The van der Waals surface area contributed by atoms with E-state index >= 15 is 0 Å². The van der Waals surface area contributed by atoms with Crippen LogP contribution in [0.3, 0.4) is 0 Å². The summed E-state index contributed by atoms with van der Waals surface area (Å²) in [4.78, 5) is 26.6. The van der Waals surface area contributed by atoms with Gasteiger partial charge in [-0.15, -0.1) is 0 Å². The molecule has 0 aromatic heterocycles. The number of carbonyl (C=O) groups excluding carboxylic acids is 2. The number of fused-ring (bicyclic) bond motifs is 1. The predicted molar refractivity (Wildman–Crippen MR) is 126 cm³/mol.